The third-order valence-electron chi connectivity index (χ3n) is 3.51. The third-order valence-corrected chi connectivity index (χ3v) is 4.24. The largest absolute Gasteiger partial charge is 0.488 e. The Labute approximate surface area is 125 Å². The first-order chi connectivity index (χ1) is 9.60. The molecule has 2 N–H and O–H groups in total. The molecule has 1 aromatic heterocycles. The Bertz CT molecular complexity index is 525. The fourth-order valence-corrected chi connectivity index (χ4v) is 3.02. The molecule has 0 spiro atoms. The minimum absolute atomic E-state index is 0.242. The van der Waals surface area contributed by atoms with E-state index in [9.17, 15) is 0 Å². The lowest BCUT2D eigenvalue weighted by Crippen LogP contribution is -2.21. The Morgan fingerprint density at radius 1 is 1.20 bits per heavy atom. The number of ether oxygens (including phenoxy) is 1. The first-order valence-electron chi connectivity index (χ1n) is 7.09. The van der Waals surface area contributed by atoms with E-state index < -0.39 is 0 Å². The molecule has 108 valence electrons. The van der Waals surface area contributed by atoms with E-state index in [4.69, 9.17) is 10.5 Å². The van der Waals surface area contributed by atoms with E-state index in [1.54, 1.807) is 11.3 Å². The minimum Gasteiger partial charge on any atom is -0.488 e. The van der Waals surface area contributed by atoms with Gasteiger partial charge in [-0.3, -0.25) is 0 Å². The van der Waals surface area contributed by atoms with Crippen LogP contribution in [0.4, 0.5) is 0 Å². The summed E-state index contributed by atoms with van der Waals surface area (Å²) in [5.41, 5.74) is 11.0. The maximum absolute atomic E-state index is 6.04. The van der Waals surface area contributed by atoms with Crippen LogP contribution in [0.1, 0.15) is 35.6 Å². The minimum atomic E-state index is 0.242. The summed E-state index contributed by atoms with van der Waals surface area (Å²) >= 11 is 1.70. The highest BCUT2D eigenvalue weighted by Gasteiger charge is 2.09. The van der Waals surface area contributed by atoms with E-state index in [0.29, 0.717) is 6.61 Å². The van der Waals surface area contributed by atoms with Crippen molar-refractivity contribution in [3.63, 3.8) is 0 Å². The molecule has 2 aromatic rings. The predicted octanol–water partition coefficient (Wildman–Crippen LogP) is 4.22. The van der Waals surface area contributed by atoms with E-state index in [1.165, 1.54) is 22.3 Å². The number of hydrogen-bond acceptors (Lipinski definition) is 3. The molecule has 0 fully saturated rings. The van der Waals surface area contributed by atoms with Crippen LogP contribution in [0.2, 0.25) is 0 Å². The van der Waals surface area contributed by atoms with Crippen LogP contribution in [0.5, 0.6) is 5.75 Å². The van der Waals surface area contributed by atoms with Gasteiger partial charge in [-0.15, -0.1) is 0 Å². The second-order valence-corrected chi connectivity index (χ2v) is 6.13. The van der Waals surface area contributed by atoms with Gasteiger partial charge in [0.1, 0.15) is 12.4 Å². The van der Waals surface area contributed by atoms with Gasteiger partial charge in [0.25, 0.3) is 0 Å². The van der Waals surface area contributed by atoms with Crippen molar-refractivity contribution < 1.29 is 4.74 Å². The number of thiophene rings is 1. The van der Waals surface area contributed by atoms with Crippen molar-refractivity contribution in [1.29, 1.82) is 0 Å². The summed E-state index contributed by atoms with van der Waals surface area (Å²) in [7, 11) is 0. The molecule has 2 rings (SSSR count). The smallest absolute Gasteiger partial charge is 0.125 e. The summed E-state index contributed by atoms with van der Waals surface area (Å²) in [5, 5.41) is 4.20. The van der Waals surface area contributed by atoms with Crippen LogP contribution < -0.4 is 10.5 Å². The molecule has 20 heavy (non-hydrogen) atoms. The van der Waals surface area contributed by atoms with Crippen LogP contribution in [-0.4, -0.2) is 6.04 Å². The Balaban J connectivity index is 2.10. The van der Waals surface area contributed by atoms with Gasteiger partial charge in [0.2, 0.25) is 0 Å². The fraction of sp³-hybridized carbons (Fsp3) is 0.412. The second kappa shape index (κ2) is 6.91. The molecule has 0 aliphatic heterocycles. The highest BCUT2D eigenvalue weighted by Crippen LogP contribution is 2.26. The van der Waals surface area contributed by atoms with Crippen molar-refractivity contribution in [1.82, 2.24) is 0 Å². The zero-order valence-electron chi connectivity index (χ0n) is 12.5. The van der Waals surface area contributed by atoms with Crippen molar-refractivity contribution in [3.05, 3.63) is 51.2 Å². The molecule has 2 nitrogen and oxygen atoms in total. The van der Waals surface area contributed by atoms with Crippen molar-refractivity contribution in [2.75, 3.05) is 0 Å². The van der Waals surface area contributed by atoms with E-state index in [-0.39, 0.29) is 6.04 Å². The van der Waals surface area contributed by atoms with Crippen molar-refractivity contribution in [2.24, 2.45) is 5.73 Å². The molecule has 1 unspecified atom stereocenters. The molecular weight excluding hydrogens is 266 g/mol. The topological polar surface area (TPSA) is 35.2 Å². The third kappa shape index (κ3) is 3.84. The van der Waals surface area contributed by atoms with Crippen LogP contribution in [0, 0.1) is 13.8 Å². The molecule has 0 bridgehead atoms. The van der Waals surface area contributed by atoms with E-state index >= 15 is 0 Å². The van der Waals surface area contributed by atoms with Gasteiger partial charge >= 0.3 is 0 Å². The summed E-state index contributed by atoms with van der Waals surface area (Å²) < 4.78 is 5.97. The van der Waals surface area contributed by atoms with Gasteiger partial charge in [-0.25, -0.2) is 0 Å². The number of nitrogens with two attached hydrogens (primary N) is 1. The molecule has 0 saturated carbocycles. The van der Waals surface area contributed by atoms with Crippen LogP contribution >= 0.6 is 11.3 Å². The molecule has 1 atom stereocenters. The molecule has 1 aromatic carbocycles. The second-order valence-electron chi connectivity index (χ2n) is 5.35. The average molecular weight is 289 g/mol. The molecule has 0 aliphatic carbocycles. The lowest BCUT2D eigenvalue weighted by molar-refractivity contribution is 0.302. The highest BCUT2D eigenvalue weighted by atomic mass is 32.1. The number of rotatable bonds is 6. The Hall–Kier alpha value is -1.32. The summed E-state index contributed by atoms with van der Waals surface area (Å²) in [6, 6.07) is 6.74. The summed E-state index contributed by atoms with van der Waals surface area (Å²) in [4.78, 5) is 0. The Kier molecular flexibility index (Phi) is 5.21. The number of aryl methyl sites for hydroxylation is 2. The first kappa shape index (κ1) is 15.1. The van der Waals surface area contributed by atoms with Gasteiger partial charge in [-0.2, -0.15) is 11.3 Å². The van der Waals surface area contributed by atoms with Crippen LogP contribution in [0.15, 0.2) is 29.0 Å². The Morgan fingerprint density at radius 2 is 1.90 bits per heavy atom. The van der Waals surface area contributed by atoms with Crippen LogP contribution in [0.3, 0.4) is 0 Å². The summed E-state index contributed by atoms with van der Waals surface area (Å²) in [6.45, 7) is 6.98. The lowest BCUT2D eigenvalue weighted by atomic mass is 9.99. The predicted molar refractivity (Wildman–Crippen MR) is 86.5 cm³/mol. The molecule has 1 heterocycles. The Morgan fingerprint density at radius 3 is 2.45 bits per heavy atom. The quantitative estimate of drug-likeness (QED) is 0.864. The van der Waals surface area contributed by atoms with Crippen LogP contribution in [-0.2, 0) is 13.0 Å². The van der Waals surface area contributed by atoms with Gasteiger partial charge in [0.15, 0.2) is 0 Å². The monoisotopic (exact) mass is 289 g/mol. The number of benzene rings is 1. The SMILES string of the molecule is CCC(N)Cc1cc(C)c(OCc2ccsc2)c(C)c1. The summed E-state index contributed by atoms with van der Waals surface area (Å²) in [6.07, 6.45) is 1.94. The van der Waals surface area contributed by atoms with Crippen molar-refractivity contribution >= 4 is 11.3 Å². The zero-order chi connectivity index (χ0) is 14.5. The molecule has 3 heteroatoms. The molecular formula is C17H23NOS. The highest BCUT2D eigenvalue weighted by molar-refractivity contribution is 7.07. The van der Waals surface area contributed by atoms with Crippen molar-refractivity contribution in [3.8, 4) is 5.75 Å². The molecule has 0 aliphatic rings. The van der Waals surface area contributed by atoms with E-state index in [0.717, 1.165) is 18.6 Å². The van der Waals surface area contributed by atoms with E-state index in [2.05, 4.69) is 49.7 Å². The van der Waals surface area contributed by atoms with Gasteiger partial charge in [0, 0.05) is 6.04 Å². The number of hydrogen-bond donors (Lipinski definition) is 1. The average Bonchev–Trinajstić information content (AvgIpc) is 2.90. The van der Waals surface area contributed by atoms with Gasteiger partial charge in [-0.05, 0) is 65.8 Å². The molecule has 0 saturated heterocycles. The molecule has 0 amide bonds. The van der Waals surface area contributed by atoms with Gasteiger partial charge in [0.05, 0.1) is 0 Å². The zero-order valence-corrected chi connectivity index (χ0v) is 13.3. The van der Waals surface area contributed by atoms with Gasteiger partial charge < -0.3 is 10.5 Å². The normalized spacial score (nSPS) is 12.4. The maximum atomic E-state index is 6.04. The van der Waals surface area contributed by atoms with E-state index in [1.807, 2.05) is 0 Å². The van der Waals surface area contributed by atoms with Crippen molar-refractivity contribution in [2.45, 2.75) is 46.3 Å². The fourth-order valence-electron chi connectivity index (χ4n) is 2.36. The standard InChI is InChI=1S/C17H23NOS/c1-4-16(18)9-15-7-12(2)17(13(3)8-15)19-10-14-5-6-20-11-14/h5-8,11,16H,4,9-10,18H2,1-3H3. The summed E-state index contributed by atoms with van der Waals surface area (Å²) in [5.74, 6) is 1.00. The van der Waals surface area contributed by atoms with Crippen LogP contribution in [0.25, 0.3) is 0 Å². The van der Waals surface area contributed by atoms with Gasteiger partial charge in [-0.1, -0.05) is 19.1 Å². The lowest BCUT2D eigenvalue weighted by Gasteiger charge is -2.15. The maximum Gasteiger partial charge on any atom is 0.125 e. The molecule has 0 radical (unpaired) electrons. The first-order valence-corrected chi connectivity index (χ1v) is 8.04.